The standard InChI is InChI=1S/C13H6BrClF2N2S/c14-7-3-6(1-2-9(7)16)19-12-5-10(17)8(15)4-11(12)18-13(19)20/h1-5H,(H,18,20). The van der Waals surface area contributed by atoms with Gasteiger partial charge in [0.05, 0.1) is 20.5 Å². The van der Waals surface area contributed by atoms with E-state index in [9.17, 15) is 8.78 Å². The van der Waals surface area contributed by atoms with Gasteiger partial charge in [-0.25, -0.2) is 8.78 Å². The highest BCUT2D eigenvalue weighted by Crippen LogP contribution is 2.27. The van der Waals surface area contributed by atoms with E-state index in [1.165, 1.54) is 18.2 Å². The maximum Gasteiger partial charge on any atom is 0.182 e. The number of hydrogen-bond donors (Lipinski definition) is 1. The molecule has 0 spiro atoms. The van der Waals surface area contributed by atoms with Crippen LogP contribution < -0.4 is 0 Å². The first-order valence-corrected chi connectivity index (χ1v) is 7.10. The number of H-pyrrole nitrogens is 1. The lowest BCUT2D eigenvalue weighted by atomic mass is 10.2. The van der Waals surface area contributed by atoms with E-state index in [2.05, 4.69) is 20.9 Å². The fourth-order valence-corrected chi connectivity index (χ4v) is 2.83. The molecule has 7 heteroatoms. The number of halogens is 4. The molecule has 3 rings (SSSR count). The van der Waals surface area contributed by atoms with Gasteiger partial charge in [-0.05, 0) is 52.4 Å². The van der Waals surface area contributed by atoms with E-state index in [1.54, 1.807) is 16.7 Å². The molecule has 2 nitrogen and oxygen atoms in total. The lowest BCUT2D eigenvalue weighted by molar-refractivity contribution is 0.620. The zero-order valence-corrected chi connectivity index (χ0v) is 12.9. The molecule has 0 saturated carbocycles. The summed E-state index contributed by atoms with van der Waals surface area (Å²) in [5, 5.41) is 0.0150. The molecule has 0 fully saturated rings. The third-order valence-corrected chi connectivity index (χ3v) is 4.07. The second-order valence-electron chi connectivity index (χ2n) is 4.15. The Labute approximate surface area is 131 Å². The molecule has 0 bridgehead atoms. The number of aromatic amines is 1. The Bertz CT molecular complexity index is 888. The van der Waals surface area contributed by atoms with Crippen molar-refractivity contribution < 1.29 is 8.78 Å². The normalized spacial score (nSPS) is 11.2. The van der Waals surface area contributed by atoms with Crippen LogP contribution in [0, 0.1) is 16.4 Å². The van der Waals surface area contributed by atoms with Crippen molar-refractivity contribution in [3.05, 3.63) is 56.2 Å². The smallest absolute Gasteiger partial charge is 0.182 e. The van der Waals surface area contributed by atoms with Gasteiger partial charge in [0.2, 0.25) is 0 Å². The van der Waals surface area contributed by atoms with Crippen molar-refractivity contribution in [3.63, 3.8) is 0 Å². The van der Waals surface area contributed by atoms with Gasteiger partial charge in [-0.1, -0.05) is 11.6 Å². The van der Waals surface area contributed by atoms with Gasteiger partial charge in [-0.3, -0.25) is 4.57 Å². The van der Waals surface area contributed by atoms with Crippen LogP contribution in [0.1, 0.15) is 0 Å². The molecule has 102 valence electrons. The molecule has 2 aromatic carbocycles. The zero-order valence-electron chi connectivity index (χ0n) is 9.75. The largest absolute Gasteiger partial charge is 0.330 e. The molecule has 0 radical (unpaired) electrons. The minimum absolute atomic E-state index is 0.0150. The molecule has 3 aromatic rings. The molecule has 0 unspecified atom stereocenters. The van der Waals surface area contributed by atoms with E-state index in [0.717, 1.165) is 0 Å². The van der Waals surface area contributed by atoms with E-state index in [0.29, 0.717) is 26.0 Å². The van der Waals surface area contributed by atoms with Gasteiger partial charge in [0.1, 0.15) is 11.6 Å². The highest BCUT2D eigenvalue weighted by molar-refractivity contribution is 9.10. The highest BCUT2D eigenvalue weighted by atomic mass is 79.9. The molecule has 0 aliphatic rings. The van der Waals surface area contributed by atoms with Crippen molar-refractivity contribution in [2.45, 2.75) is 0 Å². The number of rotatable bonds is 1. The predicted octanol–water partition coefficient (Wildman–Crippen LogP) is 5.38. The van der Waals surface area contributed by atoms with Crippen LogP contribution in [0.15, 0.2) is 34.8 Å². The van der Waals surface area contributed by atoms with Crippen molar-refractivity contribution in [3.8, 4) is 5.69 Å². The summed E-state index contributed by atoms with van der Waals surface area (Å²) in [5.74, 6) is -0.919. The molecule has 1 heterocycles. The van der Waals surface area contributed by atoms with Crippen LogP contribution in [0.5, 0.6) is 0 Å². The van der Waals surface area contributed by atoms with Gasteiger partial charge in [0.15, 0.2) is 4.77 Å². The lowest BCUT2D eigenvalue weighted by Gasteiger charge is -2.06. The number of aromatic nitrogens is 2. The first kappa shape index (κ1) is 13.7. The second kappa shape index (κ2) is 4.95. The molecule has 0 aliphatic carbocycles. The monoisotopic (exact) mass is 374 g/mol. The van der Waals surface area contributed by atoms with Crippen molar-refractivity contribution in [2.75, 3.05) is 0 Å². The number of fused-ring (bicyclic) bond motifs is 1. The summed E-state index contributed by atoms with van der Waals surface area (Å²) in [6.07, 6.45) is 0. The Morgan fingerprint density at radius 3 is 2.60 bits per heavy atom. The third kappa shape index (κ3) is 2.17. The van der Waals surface area contributed by atoms with Crippen molar-refractivity contribution in [2.24, 2.45) is 0 Å². The van der Waals surface area contributed by atoms with Crippen LogP contribution in [0.4, 0.5) is 8.78 Å². The fourth-order valence-electron chi connectivity index (χ4n) is 1.98. The summed E-state index contributed by atoms with van der Waals surface area (Å²) in [5.41, 5.74) is 1.77. The van der Waals surface area contributed by atoms with Gasteiger partial charge < -0.3 is 4.98 Å². The van der Waals surface area contributed by atoms with Gasteiger partial charge in [-0.15, -0.1) is 0 Å². The Balaban J connectivity index is 2.35. The maximum atomic E-state index is 13.6. The minimum atomic E-state index is -0.539. The summed E-state index contributed by atoms with van der Waals surface area (Å²) in [7, 11) is 0. The SMILES string of the molecule is Fc1cc2c(cc1Cl)[nH]c(=S)n2-c1ccc(F)c(Br)c1. The molecule has 1 N–H and O–H groups in total. The molecule has 20 heavy (non-hydrogen) atoms. The average Bonchev–Trinajstić information content (AvgIpc) is 2.69. The molecule has 1 aromatic heterocycles. The molecular formula is C13H6BrClF2N2S. The Morgan fingerprint density at radius 1 is 1.15 bits per heavy atom. The third-order valence-electron chi connectivity index (χ3n) is 2.89. The first-order valence-electron chi connectivity index (χ1n) is 5.52. The summed E-state index contributed by atoms with van der Waals surface area (Å²) < 4.78 is 29.2. The second-order valence-corrected chi connectivity index (χ2v) is 5.80. The Kier molecular flexibility index (Phi) is 3.40. The maximum absolute atomic E-state index is 13.6. The average molecular weight is 376 g/mol. The van der Waals surface area contributed by atoms with E-state index in [4.69, 9.17) is 23.8 Å². The van der Waals surface area contributed by atoms with Crippen LogP contribution >= 0.6 is 39.7 Å². The minimum Gasteiger partial charge on any atom is -0.330 e. The lowest BCUT2D eigenvalue weighted by Crippen LogP contribution is -1.95. The summed E-state index contributed by atoms with van der Waals surface area (Å²) in [4.78, 5) is 2.95. The van der Waals surface area contributed by atoms with Crippen LogP contribution in [0.2, 0.25) is 5.02 Å². The van der Waals surface area contributed by atoms with Crippen molar-refractivity contribution >= 4 is 50.8 Å². The Morgan fingerprint density at radius 2 is 1.90 bits per heavy atom. The fraction of sp³-hybridized carbons (Fsp3) is 0. The summed E-state index contributed by atoms with van der Waals surface area (Å²) in [6.45, 7) is 0. The molecule has 0 atom stereocenters. The summed E-state index contributed by atoms with van der Waals surface area (Å²) >= 11 is 14.1. The Hall–Kier alpha value is -1.24. The van der Waals surface area contributed by atoms with E-state index < -0.39 is 5.82 Å². The van der Waals surface area contributed by atoms with Crippen LogP contribution in [0.25, 0.3) is 16.7 Å². The molecular weight excluding hydrogens is 370 g/mol. The van der Waals surface area contributed by atoms with Crippen LogP contribution in [0.3, 0.4) is 0 Å². The molecule has 0 saturated heterocycles. The highest BCUT2D eigenvalue weighted by Gasteiger charge is 2.11. The predicted molar refractivity (Wildman–Crippen MR) is 81.1 cm³/mol. The number of nitrogens with zero attached hydrogens (tertiary/aromatic N) is 1. The first-order chi connectivity index (χ1) is 9.47. The van der Waals surface area contributed by atoms with E-state index in [-0.39, 0.29) is 10.8 Å². The van der Waals surface area contributed by atoms with Gasteiger partial charge in [-0.2, -0.15) is 0 Å². The molecule has 0 amide bonds. The van der Waals surface area contributed by atoms with Gasteiger partial charge in [0.25, 0.3) is 0 Å². The van der Waals surface area contributed by atoms with Crippen molar-refractivity contribution in [1.29, 1.82) is 0 Å². The van der Waals surface area contributed by atoms with E-state index >= 15 is 0 Å². The summed E-state index contributed by atoms with van der Waals surface area (Å²) in [6, 6.07) is 7.21. The molecule has 0 aliphatic heterocycles. The van der Waals surface area contributed by atoms with Crippen molar-refractivity contribution in [1.82, 2.24) is 9.55 Å². The van der Waals surface area contributed by atoms with Crippen LogP contribution in [-0.2, 0) is 0 Å². The van der Waals surface area contributed by atoms with E-state index in [1.807, 2.05) is 0 Å². The van der Waals surface area contributed by atoms with Crippen LogP contribution in [-0.4, -0.2) is 9.55 Å². The van der Waals surface area contributed by atoms with Gasteiger partial charge in [0, 0.05) is 11.8 Å². The number of hydrogen-bond acceptors (Lipinski definition) is 1. The van der Waals surface area contributed by atoms with Gasteiger partial charge >= 0.3 is 0 Å². The number of imidazole rings is 1. The quantitative estimate of drug-likeness (QED) is 0.566. The number of benzene rings is 2. The zero-order chi connectivity index (χ0) is 14.4. The number of nitrogens with one attached hydrogen (secondary N) is 1. The topological polar surface area (TPSA) is 20.7 Å².